The number of rotatable bonds is 6. The van der Waals surface area contributed by atoms with E-state index in [9.17, 15) is 0 Å². The Morgan fingerprint density at radius 1 is 0.333 bits per heavy atom. The molecule has 7 nitrogen and oxygen atoms in total. The minimum atomic E-state index is 0.550. The second-order valence-corrected chi connectivity index (χ2v) is 18.5. The molecule has 0 saturated heterocycles. The average Bonchev–Trinajstić information content (AvgIpc) is 4.09. The topological polar surface area (TPSA) is 71.4 Å². The molecule has 0 aliphatic carbocycles. The van der Waals surface area contributed by atoms with Crippen molar-refractivity contribution in [2.75, 3.05) is 9.80 Å². The Balaban J connectivity index is 0.933. The SMILES string of the molecule is c1ccc2c(c1)cc(N(c1ccc3c(c1)oc1ccccc13)c1ccc3c(n1)sc1nc(N(c4ccc5c(c4)oc4ccccc45)c4cc5ccccc5c5ccccc45)ncc13)c1ccccc12. The van der Waals surface area contributed by atoms with Crippen LogP contribution in [0.25, 0.3) is 107 Å². The van der Waals surface area contributed by atoms with Gasteiger partial charge in [-0.25, -0.2) is 15.0 Å². The molecule has 322 valence electrons. The van der Waals surface area contributed by atoms with Gasteiger partial charge in [-0.1, -0.05) is 145 Å². The number of para-hydroxylation sites is 2. The standard InChI is InChI=1S/C61H35N5O2S/c1-3-15-40-36(13-1)31-52(44-19-7-5-17-42(40)44)65(38-25-27-48-46-21-9-11-23-54(46)67-56(48)33-38)58-30-29-50-51-35-62-61(64-60(51)69-59(50)63-58)66(39-26-28-49-47-22-10-12-24-55(47)68-57(49)34-39)53-32-37-14-2-4-16-41(37)43-18-6-8-20-45(43)53/h1-35H. The molecule has 0 atom stereocenters. The van der Waals surface area contributed by atoms with Gasteiger partial charge in [0.05, 0.1) is 22.7 Å². The van der Waals surface area contributed by atoms with Gasteiger partial charge in [-0.15, -0.1) is 0 Å². The summed E-state index contributed by atoms with van der Waals surface area (Å²) < 4.78 is 13.0. The molecule has 0 saturated carbocycles. The molecule has 0 aliphatic rings. The number of anilines is 6. The predicted octanol–water partition coefficient (Wildman–Crippen LogP) is 17.6. The van der Waals surface area contributed by atoms with Crippen molar-refractivity contribution < 1.29 is 8.83 Å². The van der Waals surface area contributed by atoms with Crippen molar-refractivity contribution >= 4 is 153 Å². The number of hydrogen-bond acceptors (Lipinski definition) is 8. The van der Waals surface area contributed by atoms with Gasteiger partial charge in [0.1, 0.15) is 37.8 Å². The van der Waals surface area contributed by atoms with E-state index in [2.05, 4.69) is 192 Å². The summed E-state index contributed by atoms with van der Waals surface area (Å²) in [7, 11) is 0. The number of nitrogens with zero attached hydrogens (tertiary/aromatic N) is 5. The Labute approximate surface area is 397 Å². The molecule has 69 heavy (non-hydrogen) atoms. The number of thiophene rings is 1. The molecule has 0 amide bonds. The minimum Gasteiger partial charge on any atom is -0.456 e. The van der Waals surface area contributed by atoms with E-state index in [4.69, 9.17) is 23.8 Å². The van der Waals surface area contributed by atoms with Gasteiger partial charge < -0.3 is 8.83 Å². The molecule has 0 bridgehead atoms. The molecule has 0 radical (unpaired) electrons. The summed E-state index contributed by atoms with van der Waals surface area (Å²) in [6.45, 7) is 0. The van der Waals surface area contributed by atoms with Gasteiger partial charge in [-0.2, -0.15) is 0 Å². The minimum absolute atomic E-state index is 0.550. The van der Waals surface area contributed by atoms with E-state index < -0.39 is 0 Å². The van der Waals surface area contributed by atoms with Gasteiger partial charge in [0.25, 0.3) is 0 Å². The lowest BCUT2D eigenvalue weighted by Crippen LogP contribution is -2.13. The fourth-order valence-electron chi connectivity index (χ4n) is 10.6. The maximum absolute atomic E-state index is 6.49. The Morgan fingerprint density at radius 3 is 1.38 bits per heavy atom. The molecule has 10 aromatic carbocycles. The third kappa shape index (κ3) is 5.82. The van der Waals surface area contributed by atoms with E-state index >= 15 is 0 Å². The molecule has 15 aromatic rings. The molecule has 0 unspecified atom stereocenters. The van der Waals surface area contributed by atoms with Gasteiger partial charge in [0.15, 0.2) is 0 Å². The summed E-state index contributed by atoms with van der Waals surface area (Å²) >= 11 is 1.58. The van der Waals surface area contributed by atoms with Gasteiger partial charge in [-0.05, 0) is 93.0 Å². The third-order valence-electron chi connectivity index (χ3n) is 13.7. The van der Waals surface area contributed by atoms with Crippen LogP contribution in [0.5, 0.6) is 0 Å². The molecule has 8 heteroatoms. The largest absolute Gasteiger partial charge is 0.456 e. The summed E-state index contributed by atoms with van der Waals surface area (Å²) in [5.41, 5.74) is 7.16. The van der Waals surface area contributed by atoms with E-state index in [1.54, 1.807) is 11.3 Å². The maximum atomic E-state index is 6.49. The summed E-state index contributed by atoms with van der Waals surface area (Å²) in [4.78, 5) is 22.3. The zero-order chi connectivity index (χ0) is 45.2. The third-order valence-corrected chi connectivity index (χ3v) is 14.7. The summed E-state index contributed by atoms with van der Waals surface area (Å²) in [5, 5.41) is 15.5. The van der Waals surface area contributed by atoms with E-state index in [-0.39, 0.29) is 0 Å². The predicted molar refractivity (Wildman–Crippen MR) is 287 cm³/mol. The lowest BCUT2D eigenvalue weighted by atomic mass is 9.99. The van der Waals surface area contributed by atoms with Crippen molar-refractivity contribution in [3.63, 3.8) is 0 Å². The van der Waals surface area contributed by atoms with Crippen molar-refractivity contribution in [1.29, 1.82) is 0 Å². The highest BCUT2D eigenvalue weighted by Gasteiger charge is 2.25. The number of fused-ring (bicyclic) bond motifs is 15. The van der Waals surface area contributed by atoms with Gasteiger partial charge in [-0.3, -0.25) is 9.80 Å². The van der Waals surface area contributed by atoms with Gasteiger partial charge >= 0.3 is 0 Å². The first-order valence-corrected chi connectivity index (χ1v) is 23.8. The van der Waals surface area contributed by atoms with Crippen molar-refractivity contribution in [2.45, 2.75) is 0 Å². The maximum Gasteiger partial charge on any atom is 0.235 e. The molecular weight excluding hydrogens is 867 g/mol. The van der Waals surface area contributed by atoms with Crippen LogP contribution in [-0.2, 0) is 0 Å². The highest BCUT2D eigenvalue weighted by Crippen LogP contribution is 2.46. The molecule has 5 heterocycles. The van der Waals surface area contributed by atoms with E-state index in [1.165, 1.54) is 16.2 Å². The summed E-state index contributed by atoms with van der Waals surface area (Å²) in [6, 6.07) is 72.4. The molecule has 0 aliphatic heterocycles. The lowest BCUT2D eigenvalue weighted by molar-refractivity contribution is 0.668. The van der Waals surface area contributed by atoms with Crippen molar-refractivity contribution in [1.82, 2.24) is 15.0 Å². The Kier molecular flexibility index (Phi) is 8.10. The van der Waals surface area contributed by atoms with E-state index in [0.717, 1.165) is 120 Å². The molecule has 5 aromatic heterocycles. The highest BCUT2D eigenvalue weighted by atomic mass is 32.1. The summed E-state index contributed by atoms with van der Waals surface area (Å²) in [5.74, 6) is 1.33. The Hall–Kier alpha value is -9.11. The number of aromatic nitrogens is 3. The fourth-order valence-corrected chi connectivity index (χ4v) is 11.6. The van der Waals surface area contributed by atoms with Gasteiger partial charge in [0.2, 0.25) is 5.95 Å². The van der Waals surface area contributed by atoms with Crippen LogP contribution in [0, 0.1) is 0 Å². The van der Waals surface area contributed by atoms with Crippen LogP contribution in [-0.4, -0.2) is 15.0 Å². The first-order chi connectivity index (χ1) is 34.2. The van der Waals surface area contributed by atoms with Crippen LogP contribution >= 0.6 is 11.3 Å². The molecule has 0 N–H and O–H groups in total. The Bertz CT molecular complexity index is 4320. The second-order valence-electron chi connectivity index (χ2n) is 17.6. The normalized spacial score (nSPS) is 12.1. The van der Waals surface area contributed by atoms with Crippen LogP contribution < -0.4 is 9.80 Å². The van der Waals surface area contributed by atoms with Gasteiger partial charge in [0, 0.05) is 61.4 Å². The summed E-state index contributed by atoms with van der Waals surface area (Å²) in [6.07, 6.45) is 1.96. The number of hydrogen-bond donors (Lipinski definition) is 0. The monoisotopic (exact) mass is 901 g/mol. The first-order valence-electron chi connectivity index (χ1n) is 23.0. The van der Waals surface area contributed by atoms with Crippen LogP contribution in [0.15, 0.2) is 221 Å². The van der Waals surface area contributed by atoms with Crippen LogP contribution in [0.2, 0.25) is 0 Å². The number of pyridine rings is 1. The van der Waals surface area contributed by atoms with Crippen LogP contribution in [0.4, 0.5) is 34.5 Å². The van der Waals surface area contributed by atoms with Crippen LogP contribution in [0.1, 0.15) is 0 Å². The molecule has 15 rings (SSSR count). The second kappa shape index (κ2) is 14.7. The number of benzene rings is 10. The molecule has 0 fully saturated rings. The quantitative estimate of drug-likeness (QED) is 0.154. The Morgan fingerprint density at radius 2 is 0.783 bits per heavy atom. The highest BCUT2D eigenvalue weighted by molar-refractivity contribution is 7.25. The van der Waals surface area contributed by atoms with Crippen molar-refractivity contribution in [3.8, 4) is 0 Å². The molecule has 0 spiro atoms. The van der Waals surface area contributed by atoms with E-state index in [1.807, 2.05) is 30.5 Å². The zero-order valence-electron chi connectivity index (χ0n) is 36.7. The fraction of sp³-hybridized carbons (Fsp3) is 0. The van der Waals surface area contributed by atoms with Crippen molar-refractivity contribution in [3.05, 3.63) is 212 Å². The van der Waals surface area contributed by atoms with E-state index in [0.29, 0.717) is 5.95 Å². The number of furan rings is 2. The van der Waals surface area contributed by atoms with Crippen LogP contribution in [0.3, 0.4) is 0 Å². The van der Waals surface area contributed by atoms with Crippen molar-refractivity contribution in [2.24, 2.45) is 0 Å². The molecular formula is C61H35N5O2S. The average molecular weight is 902 g/mol. The smallest absolute Gasteiger partial charge is 0.235 e. The first kappa shape index (κ1) is 38.0. The zero-order valence-corrected chi connectivity index (χ0v) is 37.5. The lowest BCUT2D eigenvalue weighted by Gasteiger charge is -2.26.